The molecule has 3 aromatic carbocycles. The maximum atomic E-state index is 12.6. The predicted molar refractivity (Wildman–Crippen MR) is 161 cm³/mol. The lowest BCUT2D eigenvalue weighted by molar-refractivity contribution is -0.148. The van der Waals surface area contributed by atoms with E-state index in [1.807, 2.05) is 69.3 Å². The number of ether oxygens (including phenoxy) is 4. The van der Waals surface area contributed by atoms with E-state index in [0.717, 1.165) is 58.6 Å². The SMILES string of the molecule is CCCCC(Cc1ccc(OCCNC(=O)c2ccc(-c3cc(C)c(OCOC)c(C)c3)cc2)cc1)C(=O)OCC. The number of hydrogen-bond donors (Lipinski definition) is 1. The topological polar surface area (TPSA) is 83.1 Å². The van der Waals surface area contributed by atoms with Crippen molar-refractivity contribution in [2.24, 2.45) is 5.92 Å². The quantitative estimate of drug-likeness (QED) is 0.119. The molecular formula is C34H43NO6. The molecule has 7 heteroatoms. The Labute approximate surface area is 244 Å². The second-order valence-corrected chi connectivity index (χ2v) is 10.1. The summed E-state index contributed by atoms with van der Waals surface area (Å²) in [5.41, 5.74) is 5.81. The molecule has 0 aliphatic carbocycles. The van der Waals surface area contributed by atoms with Crippen molar-refractivity contribution in [1.29, 1.82) is 0 Å². The predicted octanol–water partition coefficient (Wildman–Crippen LogP) is 6.67. The average Bonchev–Trinajstić information content (AvgIpc) is 2.97. The number of benzene rings is 3. The summed E-state index contributed by atoms with van der Waals surface area (Å²) in [6, 6.07) is 19.5. The van der Waals surface area contributed by atoms with Gasteiger partial charge in [-0.2, -0.15) is 0 Å². The van der Waals surface area contributed by atoms with E-state index in [0.29, 0.717) is 31.7 Å². The summed E-state index contributed by atoms with van der Waals surface area (Å²) in [5.74, 6) is 1.15. The standard InChI is InChI=1S/C34H43NO6/c1-6-8-9-29(34(37)39-7-2)22-26-10-16-31(17-11-26)40-19-18-35-33(36)28-14-12-27(13-15-28)30-20-24(3)32(25(4)21-30)41-23-38-5/h10-17,20-21,29H,6-9,18-19,22-23H2,1-5H3,(H,35,36). The molecule has 1 amide bonds. The number of methoxy groups -OCH3 is 1. The summed E-state index contributed by atoms with van der Waals surface area (Å²) in [5, 5.41) is 2.91. The van der Waals surface area contributed by atoms with Crippen molar-refractivity contribution < 1.29 is 28.5 Å². The van der Waals surface area contributed by atoms with Crippen LogP contribution in [0.15, 0.2) is 60.7 Å². The van der Waals surface area contributed by atoms with Gasteiger partial charge in [0.25, 0.3) is 5.91 Å². The molecule has 41 heavy (non-hydrogen) atoms. The second-order valence-electron chi connectivity index (χ2n) is 10.1. The Morgan fingerprint density at radius 3 is 2.17 bits per heavy atom. The van der Waals surface area contributed by atoms with Gasteiger partial charge in [0.2, 0.25) is 0 Å². The van der Waals surface area contributed by atoms with E-state index >= 15 is 0 Å². The van der Waals surface area contributed by atoms with E-state index in [1.54, 1.807) is 7.11 Å². The van der Waals surface area contributed by atoms with Crippen LogP contribution in [0, 0.1) is 19.8 Å². The molecule has 7 nitrogen and oxygen atoms in total. The van der Waals surface area contributed by atoms with Crippen LogP contribution in [0.3, 0.4) is 0 Å². The highest BCUT2D eigenvalue weighted by Gasteiger charge is 2.19. The van der Waals surface area contributed by atoms with Gasteiger partial charge in [0.15, 0.2) is 6.79 Å². The normalized spacial score (nSPS) is 11.5. The van der Waals surface area contributed by atoms with Gasteiger partial charge < -0.3 is 24.3 Å². The van der Waals surface area contributed by atoms with Crippen molar-refractivity contribution in [1.82, 2.24) is 5.32 Å². The Bertz CT molecular complexity index is 1230. The number of nitrogens with one attached hydrogen (secondary N) is 1. The largest absolute Gasteiger partial charge is 0.492 e. The summed E-state index contributed by atoms with van der Waals surface area (Å²) < 4.78 is 21.8. The average molecular weight is 562 g/mol. The van der Waals surface area contributed by atoms with Crippen LogP contribution in [0.4, 0.5) is 0 Å². The molecule has 220 valence electrons. The summed E-state index contributed by atoms with van der Waals surface area (Å²) in [6.45, 7) is 9.31. The van der Waals surface area contributed by atoms with E-state index in [-0.39, 0.29) is 24.6 Å². The Morgan fingerprint density at radius 2 is 1.56 bits per heavy atom. The van der Waals surface area contributed by atoms with Gasteiger partial charge >= 0.3 is 5.97 Å². The molecule has 1 unspecified atom stereocenters. The Morgan fingerprint density at radius 1 is 0.878 bits per heavy atom. The van der Waals surface area contributed by atoms with Crippen LogP contribution in [-0.2, 0) is 20.7 Å². The number of unbranched alkanes of at least 4 members (excludes halogenated alkanes) is 1. The Hall–Kier alpha value is -3.84. The smallest absolute Gasteiger partial charge is 0.309 e. The molecule has 1 N–H and O–H groups in total. The van der Waals surface area contributed by atoms with Crippen LogP contribution in [0.5, 0.6) is 11.5 Å². The van der Waals surface area contributed by atoms with Gasteiger partial charge in [-0.3, -0.25) is 9.59 Å². The molecule has 0 aliphatic heterocycles. The van der Waals surface area contributed by atoms with Crippen molar-refractivity contribution >= 4 is 11.9 Å². The highest BCUT2D eigenvalue weighted by atomic mass is 16.7. The van der Waals surface area contributed by atoms with E-state index in [4.69, 9.17) is 18.9 Å². The Kier molecular flexibility index (Phi) is 12.7. The third kappa shape index (κ3) is 9.64. The molecule has 3 rings (SSSR count). The lowest BCUT2D eigenvalue weighted by Gasteiger charge is -2.15. The maximum absolute atomic E-state index is 12.6. The molecule has 0 aromatic heterocycles. The number of esters is 1. The van der Waals surface area contributed by atoms with Crippen LogP contribution < -0.4 is 14.8 Å². The van der Waals surface area contributed by atoms with Crippen molar-refractivity contribution in [3.63, 3.8) is 0 Å². The zero-order valence-electron chi connectivity index (χ0n) is 25.0. The first-order valence-corrected chi connectivity index (χ1v) is 14.4. The van der Waals surface area contributed by atoms with Crippen LogP contribution in [0.25, 0.3) is 11.1 Å². The summed E-state index contributed by atoms with van der Waals surface area (Å²) in [7, 11) is 1.60. The third-order valence-electron chi connectivity index (χ3n) is 6.85. The number of carbonyl (C=O) groups is 2. The highest BCUT2D eigenvalue weighted by Crippen LogP contribution is 2.30. The first kappa shape index (κ1) is 31.7. The summed E-state index contributed by atoms with van der Waals surface area (Å²) >= 11 is 0. The number of aryl methyl sites for hydroxylation is 2. The van der Waals surface area contributed by atoms with E-state index in [9.17, 15) is 9.59 Å². The van der Waals surface area contributed by atoms with Gasteiger partial charge in [-0.25, -0.2) is 0 Å². The second kappa shape index (κ2) is 16.4. The van der Waals surface area contributed by atoms with Gasteiger partial charge in [-0.05, 0) is 97.8 Å². The Balaban J connectivity index is 1.47. The molecule has 0 aliphatic rings. The van der Waals surface area contributed by atoms with E-state index in [1.165, 1.54) is 0 Å². The van der Waals surface area contributed by atoms with Crippen molar-refractivity contribution in [3.8, 4) is 22.6 Å². The molecule has 0 bridgehead atoms. The molecule has 0 spiro atoms. The number of hydrogen-bond acceptors (Lipinski definition) is 6. The maximum Gasteiger partial charge on any atom is 0.309 e. The molecular weight excluding hydrogens is 518 g/mol. The number of rotatable bonds is 16. The zero-order valence-corrected chi connectivity index (χ0v) is 25.0. The monoisotopic (exact) mass is 561 g/mol. The lowest BCUT2D eigenvalue weighted by atomic mass is 9.94. The van der Waals surface area contributed by atoms with Crippen molar-refractivity contribution in [3.05, 3.63) is 82.9 Å². The first-order valence-electron chi connectivity index (χ1n) is 14.4. The minimum absolute atomic E-state index is 0.125. The highest BCUT2D eigenvalue weighted by molar-refractivity contribution is 5.94. The van der Waals surface area contributed by atoms with Gasteiger partial charge in [-0.1, -0.05) is 44.0 Å². The van der Waals surface area contributed by atoms with Crippen LogP contribution in [0.2, 0.25) is 0 Å². The van der Waals surface area contributed by atoms with Crippen LogP contribution in [-0.4, -0.2) is 45.5 Å². The molecule has 0 heterocycles. The van der Waals surface area contributed by atoms with Gasteiger partial charge in [-0.15, -0.1) is 0 Å². The van der Waals surface area contributed by atoms with Crippen molar-refractivity contribution in [2.75, 3.05) is 33.7 Å². The number of carbonyl (C=O) groups excluding carboxylic acids is 2. The third-order valence-corrected chi connectivity index (χ3v) is 6.85. The fraction of sp³-hybridized carbons (Fsp3) is 0.412. The fourth-order valence-electron chi connectivity index (χ4n) is 4.73. The molecule has 1 atom stereocenters. The van der Waals surface area contributed by atoms with Crippen LogP contribution >= 0.6 is 0 Å². The van der Waals surface area contributed by atoms with E-state index < -0.39 is 0 Å². The summed E-state index contributed by atoms with van der Waals surface area (Å²) in [4.78, 5) is 25.0. The fourth-order valence-corrected chi connectivity index (χ4v) is 4.73. The minimum Gasteiger partial charge on any atom is -0.492 e. The lowest BCUT2D eigenvalue weighted by Crippen LogP contribution is -2.28. The molecule has 3 aromatic rings. The van der Waals surface area contributed by atoms with Crippen LogP contribution in [0.1, 0.15) is 60.2 Å². The molecule has 0 saturated carbocycles. The van der Waals surface area contributed by atoms with Crippen molar-refractivity contribution in [2.45, 2.75) is 53.4 Å². The summed E-state index contributed by atoms with van der Waals surface area (Å²) in [6.07, 6.45) is 3.53. The first-order chi connectivity index (χ1) is 19.9. The van der Waals surface area contributed by atoms with Gasteiger partial charge in [0.05, 0.1) is 19.1 Å². The molecule has 0 fully saturated rings. The zero-order chi connectivity index (χ0) is 29.6. The minimum atomic E-state index is -0.150. The number of amides is 1. The van der Waals surface area contributed by atoms with Gasteiger partial charge in [0, 0.05) is 12.7 Å². The molecule has 0 saturated heterocycles. The molecule has 0 radical (unpaired) electrons. The van der Waals surface area contributed by atoms with Gasteiger partial charge in [0.1, 0.15) is 18.1 Å². The van der Waals surface area contributed by atoms with E-state index in [2.05, 4.69) is 24.4 Å².